The highest BCUT2D eigenvalue weighted by Crippen LogP contribution is 2.21. The molecular formula is C14H11F3N2O2. The van der Waals surface area contributed by atoms with Gasteiger partial charge < -0.3 is 5.32 Å². The summed E-state index contributed by atoms with van der Waals surface area (Å²) in [7, 11) is 0. The minimum Gasteiger partial charge on any atom is -0.379 e. The van der Waals surface area contributed by atoms with Crippen LogP contribution in [0.5, 0.6) is 0 Å². The normalized spacial score (nSPS) is 10.5. The highest BCUT2D eigenvalue weighted by Gasteiger charge is 2.11. The molecule has 2 aromatic rings. The molecule has 0 radical (unpaired) electrons. The van der Waals surface area contributed by atoms with E-state index in [0.717, 1.165) is 24.3 Å². The number of hydrogen-bond acceptors (Lipinski definition) is 3. The first-order valence-electron chi connectivity index (χ1n) is 6.00. The first kappa shape index (κ1) is 14.8. The molecule has 0 saturated heterocycles. The monoisotopic (exact) mass is 296 g/mol. The number of nitrogens with zero attached hydrogens (tertiary/aromatic N) is 1. The van der Waals surface area contributed by atoms with Gasteiger partial charge in [-0.2, -0.15) is 0 Å². The maximum atomic E-state index is 13.6. The Hall–Kier alpha value is -2.57. The van der Waals surface area contributed by atoms with E-state index in [-0.39, 0.29) is 23.4 Å². The van der Waals surface area contributed by atoms with Crippen molar-refractivity contribution in [3.63, 3.8) is 0 Å². The van der Waals surface area contributed by atoms with Gasteiger partial charge in [0.1, 0.15) is 17.5 Å². The molecule has 0 fully saturated rings. The van der Waals surface area contributed by atoms with E-state index in [9.17, 15) is 23.3 Å². The van der Waals surface area contributed by atoms with Crippen LogP contribution in [-0.4, -0.2) is 4.92 Å². The second-order valence-electron chi connectivity index (χ2n) is 4.51. The SMILES string of the molecule is Cc1cc(F)c(NCc2cc(F)cc([N+](=O)[O-])c2)cc1F. The zero-order valence-electron chi connectivity index (χ0n) is 11.0. The van der Waals surface area contributed by atoms with E-state index in [2.05, 4.69) is 5.32 Å². The summed E-state index contributed by atoms with van der Waals surface area (Å²) in [6.45, 7) is 1.36. The van der Waals surface area contributed by atoms with Crippen LogP contribution >= 0.6 is 0 Å². The number of nitrogens with one attached hydrogen (secondary N) is 1. The van der Waals surface area contributed by atoms with Gasteiger partial charge in [0.05, 0.1) is 16.7 Å². The third-order valence-corrected chi connectivity index (χ3v) is 2.88. The fraction of sp³-hybridized carbons (Fsp3) is 0.143. The fourth-order valence-corrected chi connectivity index (χ4v) is 1.82. The van der Waals surface area contributed by atoms with Gasteiger partial charge in [0.25, 0.3) is 5.69 Å². The Morgan fingerprint density at radius 1 is 1.10 bits per heavy atom. The van der Waals surface area contributed by atoms with Gasteiger partial charge in [0.15, 0.2) is 0 Å². The molecule has 0 saturated carbocycles. The van der Waals surface area contributed by atoms with Crippen molar-refractivity contribution in [2.75, 3.05) is 5.32 Å². The third kappa shape index (κ3) is 3.50. The highest BCUT2D eigenvalue weighted by atomic mass is 19.1. The maximum absolute atomic E-state index is 13.6. The molecular weight excluding hydrogens is 285 g/mol. The molecule has 1 N–H and O–H groups in total. The van der Waals surface area contributed by atoms with Crippen LogP contribution in [0.1, 0.15) is 11.1 Å². The summed E-state index contributed by atoms with van der Waals surface area (Å²) in [4.78, 5) is 9.90. The second-order valence-corrected chi connectivity index (χ2v) is 4.51. The number of anilines is 1. The van der Waals surface area contributed by atoms with Gasteiger partial charge >= 0.3 is 0 Å². The standard InChI is InChI=1S/C14H11F3N2O2/c1-8-2-13(17)14(6-12(8)16)18-7-9-3-10(15)5-11(4-9)19(20)21/h2-6,18H,7H2,1H3. The van der Waals surface area contributed by atoms with E-state index in [1.54, 1.807) is 0 Å². The van der Waals surface area contributed by atoms with Crippen molar-refractivity contribution in [2.24, 2.45) is 0 Å². The van der Waals surface area contributed by atoms with Crippen molar-refractivity contribution in [1.82, 2.24) is 0 Å². The summed E-state index contributed by atoms with van der Waals surface area (Å²) in [6, 6.07) is 5.06. The molecule has 0 aliphatic heterocycles. The predicted octanol–water partition coefficient (Wildman–Crippen LogP) is 3.93. The molecule has 110 valence electrons. The zero-order chi connectivity index (χ0) is 15.6. The van der Waals surface area contributed by atoms with Crippen LogP contribution in [0, 0.1) is 34.5 Å². The Morgan fingerprint density at radius 3 is 2.48 bits per heavy atom. The number of rotatable bonds is 4. The van der Waals surface area contributed by atoms with Crippen molar-refractivity contribution in [3.05, 3.63) is 69.0 Å². The van der Waals surface area contributed by atoms with Gasteiger partial charge in [-0.25, -0.2) is 13.2 Å². The number of non-ortho nitro benzene ring substituents is 1. The van der Waals surface area contributed by atoms with Gasteiger partial charge in [-0.3, -0.25) is 10.1 Å². The van der Waals surface area contributed by atoms with Gasteiger partial charge in [0, 0.05) is 18.7 Å². The molecule has 0 heterocycles. The lowest BCUT2D eigenvalue weighted by atomic mass is 10.1. The highest BCUT2D eigenvalue weighted by molar-refractivity contribution is 5.48. The number of hydrogen-bond donors (Lipinski definition) is 1. The van der Waals surface area contributed by atoms with Gasteiger partial charge in [-0.1, -0.05) is 0 Å². The average Bonchev–Trinajstić information content (AvgIpc) is 2.40. The van der Waals surface area contributed by atoms with Crippen LogP contribution < -0.4 is 5.32 Å². The first-order valence-corrected chi connectivity index (χ1v) is 6.00. The van der Waals surface area contributed by atoms with E-state index < -0.39 is 28.1 Å². The number of nitro groups is 1. The summed E-state index contributed by atoms with van der Waals surface area (Å²) >= 11 is 0. The van der Waals surface area contributed by atoms with E-state index in [1.165, 1.54) is 13.0 Å². The van der Waals surface area contributed by atoms with E-state index in [0.29, 0.717) is 0 Å². The van der Waals surface area contributed by atoms with Gasteiger partial charge in [-0.15, -0.1) is 0 Å². The number of halogens is 3. The summed E-state index contributed by atoms with van der Waals surface area (Å²) < 4.78 is 40.2. The van der Waals surface area contributed by atoms with E-state index >= 15 is 0 Å². The van der Waals surface area contributed by atoms with E-state index in [1.807, 2.05) is 0 Å². The lowest BCUT2D eigenvalue weighted by molar-refractivity contribution is -0.385. The summed E-state index contributed by atoms with van der Waals surface area (Å²) in [5, 5.41) is 13.2. The van der Waals surface area contributed by atoms with Crippen molar-refractivity contribution >= 4 is 11.4 Å². The largest absolute Gasteiger partial charge is 0.379 e. The molecule has 2 aromatic carbocycles. The molecule has 7 heteroatoms. The predicted molar refractivity (Wildman–Crippen MR) is 71.5 cm³/mol. The molecule has 0 atom stereocenters. The Morgan fingerprint density at radius 2 is 1.81 bits per heavy atom. The van der Waals surface area contributed by atoms with Crippen LogP contribution in [0.15, 0.2) is 30.3 Å². The Balaban J connectivity index is 2.20. The summed E-state index contributed by atoms with van der Waals surface area (Å²) in [5.74, 6) is -2.00. The summed E-state index contributed by atoms with van der Waals surface area (Å²) in [6.07, 6.45) is 0. The second kappa shape index (κ2) is 5.82. The lowest BCUT2D eigenvalue weighted by Crippen LogP contribution is -2.04. The van der Waals surface area contributed by atoms with Crippen LogP contribution in [0.3, 0.4) is 0 Å². The molecule has 2 rings (SSSR count). The molecule has 0 aliphatic carbocycles. The Labute approximate surface area is 118 Å². The number of benzene rings is 2. The Bertz CT molecular complexity index is 705. The van der Waals surface area contributed by atoms with Crippen LogP contribution in [0.25, 0.3) is 0 Å². The van der Waals surface area contributed by atoms with Crippen molar-refractivity contribution in [3.8, 4) is 0 Å². The van der Waals surface area contributed by atoms with Gasteiger partial charge in [0.2, 0.25) is 0 Å². The van der Waals surface area contributed by atoms with Crippen LogP contribution in [0.2, 0.25) is 0 Å². The van der Waals surface area contributed by atoms with E-state index in [4.69, 9.17) is 0 Å². The van der Waals surface area contributed by atoms with Crippen molar-refractivity contribution in [1.29, 1.82) is 0 Å². The van der Waals surface area contributed by atoms with Crippen LogP contribution in [0.4, 0.5) is 24.5 Å². The number of aryl methyl sites for hydroxylation is 1. The molecule has 0 amide bonds. The molecule has 0 aromatic heterocycles. The molecule has 0 aliphatic rings. The molecule has 0 unspecified atom stereocenters. The van der Waals surface area contributed by atoms with Gasteiger partial charge in [-0.05, 0) is 30.2 Å². The molecule has 0 spiro atoms. The van der Waals surface area contributed by atoms with Crippen molar-refractivity contribution < 1.29 is 18.1 Å². The average molecular weight is 296 g/mol. The zero-order valence-corrected chi connectivity index (χ0v) is 11.0. The minimum atomic E-state index is -0.767. The summed E-state index contributed by atoms with van der Waals surface area (Å²) in [5.41, 5.74) is -0.0751. The maximum Gasteiger partial charge on any atom is 0.272 e. The molecule has 21 heavy (non-hydrogen) atoms. The smallest absolute Gasteiger partial charge is 0.272 e. The first-order chi connectivity index (χ1) is 9.86. The quantitative estimate of drug-likeness (QED) is 0.687. The Kier molecular flexibility index (Phi) is 4.11. The molecule has 4 nitrogen and oxygen atoms in total. The lowest BCUT2D eigenvalue weighted by Gasteiger charge is -2.09. The third-order valence-electron chi connectivity index (χ3n) is 2.88. The molecule has 0 bridgehead atoms. The minimum absolute atomic E-state index is 0.0714. The topological polar surface area (TPSA) is 55.2 Å². The van der Waals surface area contributed by atoms with Crippen molar-refractivity contribution in [2.45, 2.75) is 13.5 Å². The fourth-order valence-electron chi connectivity index (χ4n) is 1.82. The van der Waals surface area contributed by atoms with Crippen LogP contribution in [-0.2, 0) is 6.54 Å². The number of nitro benzene ring substituents is 1.